The Morgan fingerprint density at radius 3 is 2.56 bits per heavy atom. The van der Waals surface area contributed by atoms with Gasteiger partial charge in [0, 0.05) is 18.8 Å². The highest BCUT2D eigenvalue weighted by Gasteiger charge is 2.31. The van der Waals surface area contributed by atoms with Gasteiger partial charge < -0.3 is 5.73 Å². The number of fused-ring (bicyclic) bond motifs is 1. The van der Waals surface area contributed by atoms with Crippen molar-refractivity contribution in [2.24, 2.45) is 0 Å². The maximum absolute atomic E-state index is 13.3. The van der Waals surface area contributed by atoms with Gasteiger partial charge in [0.25, 0.3) is 0 Å². The van der Waals surface area contributed by atoms with E-state index in [0.29, 0.717) is 23.5 Å². The van der Waals surface area contributed by atoms with Crippen LogP contribution >= 0.6 is 0 Å². The fraction of sp³-hybridized carbons (Fsp3) is 0.125. The quantitative estimate of drug-likeness (QED) is 0.321. The number of anilines is 1. The molecular formula is C24H21F3N4O. The van der Waals surface area contributed by atoms with Crippen molar-refractivity contribution in [1.82, 2.24) is 14.9 Å². The van der Waals surface area contributed by atoms with Gasteiger partial charge in [-0.25, -0.2) is 10.5 Å². The average molecular weight is 438 g/mol. The van der Waals surface area contributed by atoms with E-state index in [0.717, 1.165) is 28.8 Å². The summed E-state index contributed by atoms with van der Waals surface area (Å²) in [4.78, 5) is 9.60. The van der Waals surface area contributed by atoms with Crippen LogP contribution in [0, 0.1) is 0 Å². The second kappa shape index (κ2) is 8.86. The second-order valence-corrected chi connectivity index (χ2v) is 7.07. The number of nitrogens with two attached hydrogens (primary N) is 1. The summed E-state index contributed by atoms with van der Waals surface area (Å²) in [5.41, 5.74) is 12.0. The minimum absolute atomic E-state index is 0.158. The standard InChI is InChI=1S/C24H21F3N4O/c1-29-32-13-12-20(16-6-3-2-4-7-16)18-10-11-21-30-23(28)22(31(21)15-18)17-8-5-9-19(14-17)24(25,26)27/h2-12,14-15,29H,13,28H2,1H3. The van der Waals surface area contributed by atoms with E-state index < -0.39 is 11.7 Å². The van der Waals surface area contributed by atoms with Crippen molar-refractivity contribution in [3.63, 3.8) is 0 Å². The summed E-state index contributed by atoms with van der Waals surface area (Å²) in [6, 6.07) is 18.5. The molecule has 0 saturated carbocycles. The summed E-state index contributed by atoms with van der Waals surface area (Å²) < 4.78 is 41.5. The van der Waals surface area contributed by atoms with Crippen LogP contribution in [0.4, 0.5) is 19.0 Å². The number of benzene rings is 2. The molecule has 0 aliphatic rings. The van der Waals surface area contributed by atoms with Crippen molar-refractivity contribution in [2.75, 3.05) is 19.4 Å². The van der Waals surface area contributed by atoms with Gasteiger partial charge in [-0.15, -0.1) is 0 Å². The molecule has 0 unspecified atom stereocenters. The van der Waals surface area contributed by atoms with Gasteiger partial charge in [0.15, 0.2) is 5.82 Å². The van der Waals surface area contributed by atoms with Crippen LogP contribution in [0.3, 0.4) is 0 Å². The van der Waals surface area contributed by atoms with E-state index in [4.69, 9.17) is 10.6 Å². The highest BCUT2D eigenvalue weighted by atomic mass is 19.4. The first-order valence-electron chi connectivity index (χ1n) is 9.88. The van der Waals surface area contributed by atoms with Crippen LogP contribution in [0.25, 0.3) is 22.5 Å². The molecular weight excluding hydrogens is 417 g/mol. The molecule has 0 amide bonds. The van der Waals surface area contributed by atoms with E-state index in [1.807, 2.05) is 48.7 Å². The number of alkyl halides is 3. The van der Waals surface area contributed by atoms with Crippen molar-refractivity contribution in [2.45, 2.75) is 6.18 Å². The number of nitrogens with zero attached hydrogens (tertiary/aromatic N) is 2. The van der Waals surface area contributed by atoms with Crippen LogP contribution in [-0.2, 0) is 11.0 Å². The predicted octanol–water partition coefficient (Wildman–Crippen LogP) is 5.19. The van der Waals surface area contributed by atoms with Crippen LogP contribution in [0.1, 0.15) is 16.7 Å². The van der Waals surface area contributed by atoms with E-state index in [-0.39, 0.29) is 5.82 Å². The van der Waals surface area contributed by atoms with Crippen LogP contribution < -0.4 is 11.2 Å². The molecule has 2 aromatic carbocycles. The summed E-state index contributed by atoms with van der Waals surface area (Å²) in [6.07, 6.45) is -0.698. The lowest BCUT2D eigenvalue weighted by Crippen LogP contribution is -2.07. The largest absolute Gasteiger partial charge is 0.416 e. The third kappa shape index (κ3) is 4.37. The number of halogens is 3. The third-order valence-corrected chi connectivity index (χ3v) is 5.02. The Kier molecular flexibility index (Phi) is 5.98. The first-order valence-corrected chi connectivity index (χ1v) is 9.88. The Morgan fingerprint density at radius 2 is 1.84 bits per heavy atom. The van der Waals surface area contributed by atoms with E-state index >= 15 is 0 Å². The lowest BCUT2D eigenvalue weighted by Gasteiger charge is -2.12. The lowest BCUT2D eigenvalue weighted by molar-refractivity contribution is -0.137. The molecule has 0 spiro atoms. The molecule has 0 aliphatic carbocycles. The third-order valence-electron chi connectivity index (χ3n) is 5.02. The number of imidazole rings is 1. The number of rotatable bonds is 6. The van der Waals surface area contributed by atoms with E-state index in [2.05, 4.69) is 10.5 Å². The normalized spacial score (nSPS) is 12.4. The van der Waals surface area contributed by atoms with Crippen molar-refractivity contribution in [3.05, 3.63) is 95.7 Å². The molecule has 164 valence electrons. The zero-order valence-corrected chi connectivity index (χ0v) is 17.2. The number of hydroxylamine groups is 1. The maximum Gasteiger partial charge on any atom is 0.416 e. The van der Waals surface area contributed by atoms with Gasteiger partial charge in [-0.1, -0.05) is 42.5 Å². The van der Waals surface area contributed by atoms with Gasteiger partial charge in [0.05, 0.1) is 17.9 Å². The number of hydrogen-bond donors (Lipinski definition) is 2. The summed E-state index contributed by atoms with van der Waals surface area (Å²) in [5, 5.41) is 0. The van der Waals surface area contributed by atoms with Crippen LogP contribution in [0.5, 0.6) is 0 Å². The highest BCUT2D eigenvalue weighted by Crippen LogP contribution is 2.35. The smallest absolute Gasteiger partial charge is 0.382 e. The van der Waals surface area contributed by atoms with Crippen molar-refractivity contribution in [3.8, 4) is 11.3 Å². The number of pyridine rings is 1. The van der Waals surface area contributed by atoms with Gasteiger partial charge in [-0.2, -0.15) is 13.2 Å². The van der Waals surface area contributed by atoms with E-state index in [1.165, 1.54) is 6.07 Å². The highest BCUT2D eigenvalue weighted by molar-refractivity contribution is 5.82. The zero-order valence-electron chi connectivity index (χ0n) is 17.2. The predicted molar refractivity (Wildman–Crippen MR) is 119 cm³/mol. The molecule has 5 nitrogen and oxygen atoms in total. The molecule has 0 aliphatic heterocycles. The monoisotopic (exact) mass is 438 g/mol. The molecule has 4 aromatic rings. The minimum Gasteiger partial charge on any atom is -0.382 e. The van der Waals surface area contributed by atoms with Crippen molar-refractivity contribution in [1.29, 1.82) is 0 Å². The SMILES string of the molecule is CNOCC=C(c1ccccc1)c1ccc2nc(N)c(-c3cccc(C(F)(F)F)c3)n2c1. The molecule has 32 heavy (non-hydrogen) atoms. The van der Waals surface area contributed by atoms with Crippen molar-refractivity contribution >= 4 is 17.0 Å². The fourth-order valence-corrected chi connectivity index (χ4v) is 3.58. The van der Waals surface area contributed by atoms with Gasteiger partial charge >= 0.3 is 6.18 Å². The molecule has 0 saturated heterocycles. The summed E-state index contributed by atoms with van der Waals surface area (Å²) >= 11 is 0. The maximum atomic E-state index is 13.3. The van der Waals surface area contributed by atoms with Gasteiger partial charge in [0.1, 0.15) is 5.65 Å². The van der Waals surface area contributed by atoms with Crippen LogP contribution in [-0.4, -0.2) is 23.0 Å². The fourth-order valence-electron chi connectivity index (χ4n) is 3.58. The summed E-state index contributed by atoms with van der Waals surface area (Å²) in [6.45, 7) is 0.325. The molecule has 0 atom stereocenters. The zero-order chi connectivity index (χ0) is 22.7. The Bertz CT molecular complexity index is 1260. The number of nitrogens with one attached hydrogen (secondary N) is 1. The molecule has 4 rings (SSSR count). The minimum atomic E-state index is -4.45. The second-order valence-electron chi connectivity index (χ2n) is 7.07. The first-order chi connectivity index (χ1) is 15.4. The Balaban J connectivity index is 1.86. The van der Waals surface area contributed by atoms with Gasteiger partial charge in [-0.3, -0.25) is 9.24 Å². The van der Waals surface area contributed by atoms with Crippen molar-refractivity contribution < 1.29 is 18.0 Å². The molecule has 3 N–H and O–H groups in total. The van der Waals surface area contributed by atoms with E-state index in [1.54, 1.807) is 23.6 Å². The number of aromatic nitrogens is 2. The van der Waals surface area contributed by atoms with Crippen LogP contribution in [0.15, 0.2) is 79.0 Å². The molecule has 0 radical (unpaired) electrons. The summed E-state index contributed by atoms with van der Waals surface area (Å²) in [5.74, 6) is 0.158. The lowest BCUT2D eigenvalue weighted by atomic mass is 9.99. The number of nitrogen functional groups attached to an aromatic ring is 1. The molecule has 8 heteroatoms. The van der Waals surface area contributed by atoms with Gasteiger partial charge in [0.2, 0.25) is 0 Å². The Hall–Kier alpha value is -3.62. The van der Waals surface area contributed by atoms with E-state index in [9.17, 15) is 13.2 Å². The Labute approximate surface area is 182 Å². The molecule has 0 bridgehead atoms. The molecule has 2 aromatic heterocycles. The number of hydrogen-bond acceptors (Lipinski definition) is 4. The van der Waals surface area contributed by atoms with Gasteiger partial charge in [-0.05, 0) is 47.0 Å². The first kappa shape index (κ1) is 21.6. The van der Waals surface area contributed by atoms with Crippen LogP contribution in [0.2, 0.25) is 0 Å². The topological polar surface area (TPSA) is 64.6 Å². The summed E-state index contributed by atoms with van der Waals surface area (Å²) in [7, 11) is 1.68. The molecule has 0 fully saturated rings. The Morgan fingerprint density at radius 1 is 1.06 bits per heavy atom. The molecule has 2 heterocycles. The average Bonchev–Trinajstić information content (AvgIpc) is 3.12.